The molecule has 2 aromatic carbocycles. The predicted molar refractivity (Wildman–Crippen MR) is 164 cm³/mol. The number of sulfonamides is 1. The van der Waals surface area contributed by atoms with Crippen LogP contribution in [-0.4, -0.2) is 63.0 Å². The van der Waals surface area contributed by atoms with Gasteiger partial charge in [-0.05, 0) is 60.1 Å². The molecule has 0 saturated heterocycles. The van der Waals surface area contributed by atoms with Crippen LogP contribution in [0.3, 0.4) is 0 Å². The zero-order chi connectivity index (χ0) is 33.3. The van der Waals surface area contributed by atoms with Crippen LogP contribution in [0.25, 0.3) is 5.65 Å². The molecule has 0 bridgehead atoms. The summed E-state index contributed by atoms with van der Waals surface area (Å²) in [5, 5.41) is 28.7. The fourth-order valence-electron chi connectivity index (χ4n) is 5.57. The average molecular weight is 649 g/mol. The Hall–Kier alpha value is -5.15. The molecule has 2 amide bonds. The molecule has 5 rings (SSSR count). The van der Waals surface area contributed by atoms with Crippen molar-refractivity contribution in [3.8, 4) is 0 Å². The number of nitrogens with one attached hydrogen (secondary N) is 3. The van der Waals surface area contributed by atoms with E-state index in [9.17, 15) is 37.8 Å². The minimum absolute atomic E-state index is 0.0352. The molecule has 1 aliphatic rings. The van der Waals surface area contributed by atoms with Gasteiger partial charge in [0, 0.05) is 18.7 Å². The topological polar surface area (TPSA) is 209 Å². The highest BCUT2D eigenvalue weighted by Crippen LogP contribution is 2.35. The van der Waals surface area contributed by atoms with Gasteiger partial charge in [-0.1, -0.05) is 38.1 Å². The van der Waals surface area contributed by atoms with E-state index < -0.39 is 45.7 Å². The summed E-state index contributed by atoms with van der Waals surface area (Å²) < 4.78 is 29.8. The molecule has 4 aromatic rings. The zero-order valence-corrected chi connectivity index (χ0v) is 26.0. The predicted octanol–water partition coefficient (Wildman–Crippen LogP) is 2.47. The first-order valence-corrected chi connectivity index (χ1v) is 15.9. The third-order valence-corrected chi connectivity index (χ3v) is 9.51. The standard InChI is InChI=1S/C31H32N6O8S/c1-16(2)27(31(42)43)36-46(44,45)25-7-5-4-6-18(25)15-32-28(38)23-14-24(37-26(34-23)12-13-33-37)29(39)35-22-11-10-19-17(3)20(30(40)41)8-9-21(19)22/h4-9,12-14,16,22,27,36H,10-11,15H2,1-3H3,(H,32,38)(H,35,39)(H,40,41)(H,42,43)/t22-,27+/m0/s1. The van der Waals surface area contributed by atoms with Gasteiger partial charge in [0.15, 0.2) is 5.65 Å². The number of amides is 2. The van der Waals surface area contributed by atoms with Crippen molar-refractivity contribution in [1.29, 1.82) is 0 Å². The number of carbonyl (C=O) groups is 4. The van der Waals surface area contributed by atoms with Crippen LogP contribution in [0, 0.1) is 12.8 Å². The molecule has 2 heterocycles. The van der Waals surface area contributed by atoms with E-state index in [1.165, 1.54) is 47.1 Å². The molecule has 1 aliphatic carbocycles. The third kappa shape index (κ3) is 6.32. The Bertz CT molecular complexity index is 1990. The van der Waals surface area contributed by atoms with Crippen molar-refractivity contribution in [3.05, 3.63) is 93.9 Å². The summed E-state index contributed by atoms with van der Waals surface area (Å²) in [6.45, 7) is 4.67. The second kappa shape index (κ2) is 12.7. The highest BCUT2D eigenvalue weighted by molar-refractivity contribution is 7.89. The molecule has 46 heavy (non-hydrogen) atoms. The molecular formula is C31H32N6O8S. The van der Waals surface area contributed by atoms with Gasteiger partial charge in [-0.25, -0.2) is 22.7 Å². The van der Waals surface area contributed by atoms with Crippen LogP contribution >= 0.6 is 0 Å². The summed E-state index contributed by atoms with van der Waals surface area (Å²) in [4.78, 5) is 54.1. The van der Waals surface area contributed by atoms with Crippen LogP contribution in [0.15, 0.2) is 59.6 Å². The number of nitrogens with zero attached hydrogens (tertiary/aromatic N) is 3. The molecule has 5 N–H and O–H groups in total. The summed E-state index contributed by atoms with van der Waals surface area (Å²) in [6.07, 6.45) is 2.58. The molecule has 2 aromatic heterocycles. The van der Waals surface area contributed by atoms with Crippen molar-refractivity contribution < 1.29 is 37.8 Å². The molecular weight excluding hydrogens is 616 g/mol. The number of carbonyl (C=O) groups excluding carboxylic acids is 2. The quantitative estimate of drug-likeness (QED) is 0.160. The van der Waals surface area contributed by atoms with E-state index in [4.69, 9.17) is 0 Å². The largest absolute Gasteiger partial charge is 0.480 e. The maximum absolute atomic E-state index is 13.5. The van der Waals surface area contributed by atoms with E-state index >= 15 is 0 Å². The Kier molecular flexibility index (Phi) is 8.90. The molecule has 0 unspecified atom stereocenters. The first-order valence-electron chi connectivity index (χ1n) is 14.4. The second-order valence-corrected chi connectivity index (χ2v) is 13.0. The Balaban J connectivity index is 1.36. The van der Waals surface area contributed by atoms with Crippen molar-refractivity contribution in [3.63, 3.8) is 0 Å². The summed E-state index contributed by atoms with van der Waals surface area (Å²) in [6, 6.07) is 10.2. The van der Waals surface area contributed by atoms with E-state index in [2.05, 4.69) is 25.4 Å². The number of carboxylic acid groups (broad SMARTS) is 2. The number of hydrogen-bond donors (Lipinski definition) is 5. The summed E-state index contributed by atoms with van der Waals surface area (Å²) in [5.74, 6) is -4.07. The van der Waals surface area contributed by atoms with Crippen molar-refractivity contribution in [2.45, 2.75) is 57.1 Å². The van der Waals surface area contributed by atoms with Crippen molar-refractivity contribution >= 4 is 39.4 Å². The van der Waals surface area contributed by atoms with Crippen LogP contribution in [0.2, 0.25) is 0 Å². The molecule has 0 radical (unpaired) electrons. The lowest BCUT2D eigenvalue weighted by Gasteiger charge is -2.19. The molecule has 0 fully saturated rings. The number of aromatic carboxylic acids is 1. The van der Waals surface area contributed by atoms with E-state index in [0.717, 1.165) is 11.1 Å². The van der Waals surface area contributed by atoms with Gasteiger partial charge in [-0.15, -0.1) is 0 Å². The SMILES string of the molecule is Cc1c(C(=O)O)ccc2c1CC[C@@H]2NC(=O)c1cc(C(=O)NCc2ccccc2S(=O)(=O)N[C@@H](C(=O)O)C(C)C)nc2ccnn12. The number of hydrogen-bond acceptors (Lipinski definition) is 8. The molecule has 14 nitrogen and oxygen atoms in total. The van der Waals surface area contributed by atoms with Gasteiger partial charge in [-0.2, -0.15) is 9.82 Å². The maximum atomic E-state index is 13.5. The van der Waals surface area contributed by atoms with Gasteiger partial charge in [0.25, 0.3) is 11.8 Å². The highest BCUT2D eigenvalue weighted by Gasteiger charge is 2.31. The first-order chi connectivity index (χ1) is 21.8. The van der Waals surface area contributed by atoms with E-state index in [0.29, 0.717) is 18.4 Å². The van der Waals surface area contributed by atoms with Crippen molar-refractivity contribution in [2.75, 3.05) is 0 Å². The smallest absolute Gasteiger partial charge is 0.335 e. The number of carboxylic acids is 2. The number of benzene rings is 2. The van der Waals surface area contributed by atoms with Gasteiger partial charge < -0.3 is 20.8 Å². The van der Waals surface area contributed by atoms with Crippen LogP contribution in [0.4, 0.5) is 0 Å². The fourth-order valence-corrected chi connectivity index (χ4v) is 7.14. The average Bonchev–Trinajstić information content (AvgIpc) is 3.65. The fraction of sp³-hybridized carbons (Fsp3) is 0.290. The van der Waals surface area contributed by atoms with Gasteiger partial charge >= 0.3 is 11.9 Å². The maximum Gasteiger partial charge on any atom is 0.335 e. The van der Waals surface area contributed by atoms with Crippen LogP contribution in [0.1, 0.15) is 79.9 Å². The van der Waals surface area contributed by atoms with Gasteiger partial charge in [-0.3, -0.25) is 14.4 Å². The van der Waals surface area contributed by atoms with Crippen molar-refractivity contribution in [1.82, 2.24) is 30.0 Å². The number of rotatable bonds is 11. The molecule has 0 aliphatic heterocycles. The Morgan fingerprint density at radius 3 is 2.48 bits per heavy atom. The van der Waals surface area contributed by atoms with Gasteiger partial charge in [0.1, 0.15) is 17.4 Å². The van der Waals surface area contributed by atoms with Gasteiger partial charge in [0.2, 0.25) is 10.0 Å². The molecule has 15 heteroatoms. The van der Waals surface area contributed by atoms with E-state index in [1.807, 2.05) is 0 Å². The first kappa shape index (κ1) is 32.2. The Morgan fingerprint density at radius 2 is 1.78 bits per heavy atom. The highest BCUT2D eigenvalue weighted by atomic mass is 32.2. The van der Waals surface area contributed by atoms with Gasteiger partial charge in [0.05, 0.1) is 22.7 Å². The third-order valence-electron chi connectivity index (χ3n) is 7.97. The summed E-state index contributed by atoms with van der Waals surface area (Å²) in [5.41, 5.74) is 2.93. The normalized spacial score (nSPS) is 15.0. The Morgan fingerprint density at radius 1 is 1.04 bits per heavy atom. The lowest BCUT2D eigenvalue weighted by atomic mass is 9.98. The molecule has 240 valence electrons. The number of aliphatic carboxylic acids is 1. The molecule has 0 spiro atoms. The Labute approximate surface area is 263 Å². The molecule has 2 atom stereocenters. The van der Waals surface area contributed by atoms with Crippen LogP contribution < -0.4 is 15.4 Å². The summed E-state index contributed by atoms with van der Waals surface area (Å²) >= 11 is 0. The van der Waals surface area contributed by atoms with E-state index in [1.54, 1.807) is 32.9 Å². The lowest BCUT2D eigenvalue weighted by Crippen LogP contribution is -2.44. The van der Waals surface area contributed by atoms with Crippen LogP contribution in [0.5, 0.6) is 0 Å². The lowest BCUT2D eigenvalue weighted by molar-refractivity contribution is -0.140. The number of aromatic nitrogens is 3. The number of fused-ring (bicyclic) bond motifs is 2. The minimum atomic E-state index is -4.27. The van der Waals surface area contributed by atoms with E-state index in [-0.39, 0.29) is 45.6 Å². The molecule has 0 saturated carbocycles. The van der Waals surface area contributed by atoms with Crippen molar-refractivity contribution in [2.24, 2.45) is 5.92 Å². The monoisotopic (exact) mass is 648 g/mol. The summed E-state index contributed by atoms with van der Waals surface area (Å²) in [7, 11) is -4.27. The minimum Gasteiger partial charge on any atom is -0.480 e. The zero-order valence-electron chi connectivity index (χ0n) is 25.1. The van der Waals surface area contributed by atoms with Crippen LogP contribution in [-0.2, 0) is 27.8 Å². The second-order valence-electron chi connectivity index (χ2n) is 11.3.